The first kappa shape index (κ1) is 21.5. The van der Waals surface area contributed by atoms with Crippen molar-refractivity contribution in [3.63, 3.8) is 0 Å². The summed E-state index contributed by atoms with van der Waals surface area (Å²) in [6.07, 6.45) is 0. The molecule has 0 fully saturated rings. The standard InChI is InChI=1S/C18H17F2NO6S/c1-21(2)28(24,25)15-9-5-13(6-10-15)17(23)26-11-16(22)12-3-7-14(8-4-12)27-18(19)20/h3-10,18H,11H2,1-2H3. The molecule has 7 nitrogen and oxygen atoms in total. The number of carbonyl (C=O) groups is 2. The third-order valence-electron chi connectivity index (χ3n) is 3.60. The predicted molar refractivity (Wildman–Crippen MR) is 95.0 cm³/mol. The molecule has 2 aromatic carbocycles. The summed E-state index contributed by atoms with van der Waals surface area (Å²) in [6.45, 7) is -3.53. The summed E-state index contributed by atoms with van der Waals surface area (Å²) in [5.41, 5.74) is 0.230. The van der Waals surface area contributed by atoms with Gasteiger partial charge >= 0.3 is 12.6 Å². The number of hydrogen-bond donors (Lipinski definition) is 0. The van der Waals surface area contributed by atoms with Crippen molar-refractivity contribution in [2.45, 2.75) is 11.5 Å². The van der Waals surface area contributed by atoms with Crippen molar-refractivity contribution in [3.05, 3.63) is 59.7 Å². The van der Waals surface area contributed by atoms with Gasteiger partial charge < -0.3 is 9.47 Å². The summed E-state index contributed by atoms with van der Waals surface area (Å²) in [4.78, 5) is 24.0. The van der Waals surface area contributed by atoms with Crippen LogP contribution in [0.15, 0.2) is 53.4 Å². The van der Waals surface area contributed by atoms with E-state index in [1.165, 1.54) is 62.6 Å². The van der Waals surface area contributed by atoms with Gasteiger partial charge in [0.2, 0.25) is 10.0 Å². The SMILES string of the molecule is CN(C)S(=O)(=O)c1ccc(C(=O)OCC(=O)c2ccc(OC(F)F)cc2)cc1. The zero-order valence-corrected chi connectivity index (χ0v) is 15.8. The maximum absolute atomic E-state index is 12.1. The number of Topliss-reactive ketones (excluding diaryl/α,β-unsaturated/α-hetero) is 1. The number of ketones is 1. The van der Waals surface area contributed by atoms with Crippen LogP contribution in [0.5, 0.6) is 5.75 Å². The van der Waals surface area contributed by atoms with Gasteiger partial charge in [0, 0.05) is 19.7 Å². The van der Waals surface area contributed by atoms with E-state index in [1.807, 2.05) is 0 Å². The highest BCUT2D eigenvalue weighted by molar-refractivity contribution is 7.89. The van der Waals surface area contributed by atoms with Crippen LogP contribution >= 0.6 is 0 Å². The summed E-state index contributed by atoms with van der Waals surface area (Å²) in [7, 11) is -0.854. The zero-order chi connectivity index (χ0) is 20.9. The fourth-order valence-electron chi connectivity index (χ4n) is 2.09. The molecule has 0 aliphatic carbocycles. The Balaban J connectivity index is 1.97. The highest BCUT2D eigenvalue weighted by Gasteiger charge is 2.18. The van der Waals surface area contributed by atoms with Crippen LogP contribution in [0.4, 0.5) is 8.78 Å². The van der Waals surface area contributed by atoms with Gasteiger partial charge in [-0.1, -0.05) is 0 Å². The van der Waals surface area contributed by atoms with Gasteiger partial charge in [0.15, 0.2) is 12.4 Å². The minimum Gasteiger partial charge on any atom is -0.454 e. The van der Waals surface area contributed by atoms with Gasteiger partial charge in [0.25, 0.3) is 0 Å². The van der Waals surface area contributed by atoms with E-state index in [4.69, 9.17) is 4.74 Å². The lowest BCUT2D eigenvalue weighted by Gasteiger charge is -2.11. The molecule has 0 radical (unpaired) electrons. The quantitative estimate of drug-likeness (QED) is 0.488. The van der Waals surface area contributed by atoms with Gasteiger partial charge in [-0.05, 0) is 48.5 Å². The Morgan fingerprint density at radius 3 is 2.00 bits per heavy atom. The molecule has 0 bridgehead atoms. The number of benzene rings is 2. The van der Waals surface area contributed by atoms with Gasteiger partial charge in [-0.3, -0.25) is 4.79 Å². The molecule has 10 heteroatoms. The molecule has 150 valence electrons. The van der Waals surface area contributed by atoms with Crippen molar-refractivity contribution in [2.24, 2.45) is 0 Å². The molecule has 0 heterocycles. The van der Waals surface area contributed by atoms with E-state index in [2.05, 4.69) is 4.74 Å². The van der Waals surface area contributed by atoms with Gasteiger partial charge in [-0.25, -0.2) is 17.5 Å². The summed E-state index contributed by atoms with van der Waals surface area (Å²) in [5.74, 6) is -1.44. The third kappa shape index (κ3) is 5.33. The molecule has 28 heavy (non-hydrogen) atoms. The molecular weight excluding hydrogens is 396 g/mol. The van der Waals surface area contributed by atoms with E-state index in [-0.39, 0.29) is 21.8 Å². The Morgan fingerprint density at radius 2 is 1.50 bits per heavy atom. The highest BCUT2D eigenvalue weighted by Crippen LogP contribution is 2.16. The Labute approximate surface area is 160 Å². The van der Waals surface area contributed by atoms with E-state index < -0.39 is 35.0 Å². The molecule has 0 aliphatic rings. The van der Waals surface area contributed by atoms with Crippen molar-refractivity contribution in [3.8, 4) is 5.75 Å². The number of halogens is 2. The smallest absolute Gasteiger partial charge is 0.387 e. The summed E-state index contributed by atoms with van der Waals surface area (Å²) < 4.78 is 58.3. The first-order chi connectivity index (χ1) is 13.1. The monoisotopic (exact) mass is 413 g/mol. The van der Waals surface area contributed by atoms with Crippen LogP contribution in [0.2, 0.25) is 0 Å². The number of ether oxygens (including phenoxy) is 2. The van der Waals surface area contributed by atoms with Crippen LogP contribution in [0.25, 0.3) is 0 Å². The van der Waals surface area contributed by atoms with Crippen LogP contribution in [0.1, 0.15) is 20.7 Å². The van der Waals surface area contributed by atoms with Crippen LogP contribution in [0, 0.1) is 0 Å². The maximum atomic E-state index is 12.1. The lowest BCUT2D eigenvalue weighted by molar-refractivity contribution is -0.0498. The number of nitrogens with zero attached hydrogens (tertiary/aromatic N) is 1. The van der Waals surface area contributed by atoms with Crippen molar-refractivity contribution in [1.29, 1.82) is 0 Å². The third-order valence-corrected chi connectivity index (χ3v) is 5.43. The molecule has 0 amide bonds. The second-order valence-electron chi connectivity index (χ2n) is 5.71. The molecule has 0 spiro atoms. The first-order valence-corrected chi connectivity index (χ1v) is 9.33. The second-order valence-corrected chi connectivity index (χ2v) is 7.87. The van der Waals surface area contributed by atoms with Gasteiger partial charge in [0.05, 0.1) is 10.5 Å². The molecule has 0 unspecified atom stereocenters. The normalized spacial score (nSPS) is 11.5. The fourth-order valence-corrected chi connectivity index (χ4v) is 3.00. The number of esters is 1. The van der Waals surface area contributed by atoms with Gasteiger partial charge in [-0.15, -0.1) is 0 Å². The van der Waals surface area contributed by atoms with Crippen LogP contribution in [-0.2, 0) is 14.8 Å². The van der Waals surface area contributed by atoms with Crippen molar-refractivity contribution in [2.75, 3.05) is 20.7 Å². The van der Waals surface area contributed by atoms with Gasteiger partial charge in [-0.2, -0.15) is 8.78 Å². The maximum Gasteiger partial charge on any atom is 0.387 e. The largest absolute Gasteiger partial charge is 0.454 e. The van der Waals surface area contributed by atoms with Crippen LogP contribution in [0.3, 0.4) is 0 Å². The predicted octanol–water partition coefficient (Wildman–Crippen LogP) is 2.58. The minimum absolute atomic E-state index is 0.0104. The van der Waals surface area contributed by atoms with E-state index in [0.717, 1.165) is 4.31 Å². The molecule has 2 rings (SSSR count). The molecule has 0 N–H and O–H groups in total. The van der Waals surface area contributed by atoms with Crippen molar-refractivity contribution < 1.29 is 36.3 Å². The lowest BCUT2D eigenvalue weighted by Crippen LogP contribution is -2.22. The molecule has 0 saturated carbocycles. The average Bonchev–Trinajstić information content (AvgIpc) is 2.66. The Hall–Kier alpha value is -2.85. The number of sulfonamides is 1. The minimum atomic E-state index is -3.62. The molecule has 0 atom stereocenters. The van der Waals surface area contributed by atoms with E-state index in [9.17, 15) is 26.8 Å². The number of rotatable bonds is 8. The first-order valence-electron chi connectivity index (χ1n) is 7.89. The Morgan fingerprint density at radius 1 is 0.964 bits per heavy atom. The van der Waals surface area contributed by atoms with Gasteiger partial charge in [0.1, 0.15) is 5.75 Å². The molecule has 0 aliphatic heterocycles. The second kappa shape index (κ2) is 8.89. The van der Waals surface area contributed by atoms with Crippen LogP contribution in [-0.4, -0.2) is 51.8 Å². The molecule has 0 saturated heterocycles. The Bertz CT molecular complexity index is 941. The van der Waals surface area contributed by atoms with Crippen LogP contribution < -0.4 is 4.74 Å². The summed E-state index contributed by atoms with van der Waals surface area (Å²) >= 11 is 0. The topological polar surface area (TPSA) is 90.0 Å². The molecule has 2 aromatic rings. The van der Waals surface area contributed by atoms with Crippen molar-refractivity contribution in [1.82, 2.24) is 4.31 Å². The number of hydrogen-bond acceptors (Lipinski definition) is 6. The summed E-state index contributed by atoms with van der Waals surface area (Å²) in [6, 6.07) is 10.0. The zero-order valence-electron chi connectivity index (χ0n) is 15.0. The van der Waals surface area contributed by atoms with Crippen molar-refractivity contribution >= 4 is 21.8 Å². The molecular formula is C18H17F2NO6S. The Kier molecular flexibility index (Phi) is 6.81. The number of alkyl halides is 2. The summed E-state index contributed by atoms with van der Waals surface area (Å²) in [5, 5.41) is 0. The molecule has 0 aromatic heterocycles. The lowest BCUT2D eigenvalue weighted by atomic mass is 10.1. The van der Waals surface area contributed by atoms with E-state index in [1.54, 1.807) is 0 Å². The average molecular weight is 413 g/mol. The van der Waals surface area contributed by atoms with E-state index >= 15 is 0 Å². The number of carbonyl (C=O) groups excluding carboxylic acids is 2. The highest BCUT2D eigenvalue weighted by atomic mass is 32.2. The fraction of sp³-hybridized carbons (Fsp3) is 0.222. The van der Waals surface area contributed by atoms with E-state index in [0.29, 0.717) is 0 Å².